The Morgan fingerprint density at radius 3 is 2.52 bits per heavy atom. The predicted molar refractivity (Wildman–Crippen MR) is 91.4 cm³/mol. The van der Waals surface area contributed by atoms with E-state index in [9.17, 15) is 22.7 Å². The molecule has 3 rings (SSSR count). The van der Waals surface area contributed by atoms with Crippen LogP contribution in [0.25, 0.3) is 5.82 Å². The molecule has 0 aliphatic rings. The molecule has 0 aliphatic heterocycles. The summed E-state index contributed by atoms with van der Waals surface area (Å²) in [7, 11) is 0. The lowest BCUT2D eigenvalue weighted by atomic mass is 10.1. The number of nitrogens with one attached hydrogen (secondary N) is 1. The summed E-state index contributed by atoms with van der Waals surface area (Å²) in [6, 6.07) is 3.47. The quantitative estimate of drug-likeness (QED) is 0.664. The van der Waals surface area contributed by atoms with Crippen LogP contribution in [0, 0.1) is 19.7 Å². The second-order valence-electron chi connectivity index (χ2n) is 6.11. The zero-order valence-corrected chi connectivity index (χ0v) is 14.5. The van der Waals surface area contributed by atoms with Crippen LogP contribution in [0.4, 0.5) is 29.2 Å². The normalized spacial score (nSPS) is 11.7. The molecule has 9 heteroatoms. The molecule has 0 bridgehead atoms. The van der Waals surface area contributed by atoms with Crippen LogP contribution in [0.15, 0.2) is 36.8 Å². The highest BCUT2D eigenvalue weighted by Crippen LogP contribution is 2.32. The summed E-state index contributed by atoms with van der Waals surface area (Å²) in [6.45, 7) is 3.09. The van der Waals surface area contributed by atoms with Gasteiger partial charge in [-0.3, -0.25) is 0 Å². The second kappa shape index (κ2) is 6.99. The van der Waals surface area contributed by atoms with E-state index in [1.165, 1.54) is 23.8 Å². The summed E-state index contributed by atoms with van der Waals surface area (Å²) in [6.07, 6.45) is -0.437. The lowest BCUT2D eigenvalue weighted by Gasteiger charge is -2.12. The molecule has 27 heavy (non-hydrogen) atoms. The Morgan fingerprint density at radius 1 is 1.15 bits per heavy atom. The zero-order valence-electron chi connectivity index (χ0n) is 14.5. The first-order chi connectivity index (χ1) is 12.7. The minimum Gasteiger partial charge on any atom is -0.392 e. The molecule has 5 nitrogen and oxygen atoms in total. The molecule has 0 aliphatic carbocycles. The van der Waals surface area contributed by atoms with Gasteiger partial charge < -0.3 is 15.0 Å². The lowest BCUT2D eigenvalue weighted by molar-refractivity contribution is -0.137. The minimum atomic E-state index is -4.49. The number of hydrogen-bond acceptors (Lipinski definition) is 4. The van der Waals surface area contributed by atoms with E-state index in [-0.39, 0.29) is 24.1 Å². The molecule has 0 spiro atoms. The molecule has 2 aromatic heterocycles. The second-order valence-corrected chi connectivity index (χ2v) is 6.11. The largest absolute Gasteiger partial charge is 0.416 e. The number of aliphatic hydroxyl groups excluding tert-OH is 1. The van der Waals surface area contributed by atoms with E-state index in [2.05, 4.69) is 15.3 Å². The molecule has 0 atom stereocenters. The van der Waals surface area contributed by atoms with Gasteiger partial charge in [-0.2, -0.15) is 18.2 Å². The summed E-state index contributed by atoms with van der Waals surface area (Å²) in [5.74, 6) is -0.846. The highest BCUT2D eigenvalue weighted by Gasteiger charge is 2.31. The molecule has 0 saturated heterocycles. The number of hydrogen-bond donors (Lipinski definition) is 2. The van der Waals surface area contributed by atoms with Crippen molar-refractivity contribution >= 4 is 11.6 Å². The fourth-order valence-electron chi connectivity index (χ4n) is 2.63. The van der Waals surface area contributed by atoms with E-state index in [1.54, 1.807) is 13.1 Å². The maximum atomic E-state index is 14.1. The van der Waals surface area contributed by atoms with Gasteiger partial charge in [0.05, 0.1) is 18.4 Å². The molecule has 142 valence electrons. The van der Waals surface area contributed by atoms with Gasteiger partial charge in [-0.25, -0.2) is 9.37 Å². The summed E-state index contributed by atoms with van der Waals surface area (Å²) in [5, 5.41) is 11.9. The van der Waals surface area contributed by atoms with E-state index < -0.39 is 17.6 Å². The molecule has 0 radical (unpaired) electrons. The summed E-state index contributed by atoms with van der Waals surface area (Å²) in [5.41, 5.74) is 1.10. The summed E-state index contributed by atoms with van der Waals surface area (Å²) in [4.78, 5) is 7.84. The molecular weight excluding hydrogens is 364 g/mol. The Morgan fingerprint density at radius 2 is 1.89 bits per heavy atom. The van der Waals surface area contributed by atoms with Gasteiger partial charge >= 0.3 is 6.18 Å². The first-order valence-electron chi connectivity index (χ1n) is 7.94. The molecule has 0 unspecified atom stereocenters. The smallest absolute Gasteiger partial charge is 0.392 e. The average molecular weight is 380 g/mol. The van der Waals surface area contributed by atoms with E-state index in [0.29, 0.717) is 11.1 Å². The van der Waals surface area contributed by atoms with Gasteiger partial charge in [0, 0.05) is 18.1 Å². The maximum absolute atomic E-state index is 14.1. The number of anilines is 2. The van der Waals surface area contributed by atoms with Crippen LogP contribution in [-0.4, -0.2) is 19.6 Å². The van der Waals surface area contributed by atoms with E-state index in [4.69, 9.17) is 0 Å². The molecule has 0 fully saturated rings. The van der Waals surface area contributed by atoms with Crippen molar-refractivity contribution < 1.29 is 22.7 Å². The molecule has 0 saturated carbocycles. The Kier molecular flexibility index (Phi) is 4.88. The highest BCUT2D eigenvalue weighted by molar-refractivity contribution is 5.57. The van der Waals surface area contributed by atoms with Gasteiger partial charge in [0.2, 0.25) is 5.95 Å². The van der Waals surface area contributed by atoms with Crippen LogP contribution >= 0.6 is 0 Å². The predicted octanol–water partition coefficient (Wildman–Crippen LogP) is 4.28. The Labute approximate surface area is 152 Å². The van der Waals surface area contributed by atoms with Gasteiger partial charge in [0.15, 0.2) is 11.6 Å². The van der Waals surface area contributed by atoms with E-state index >= 15 is 0 Å². The van der Waals surface area contributed by atoms with Gasteiger partial charge in [-0.05, 0) is 48.7 Å². The number of benzene rings is 1. The molecule has 1 aromatic carbocycles. The van der Waals surface area contributed by atoms with Crippen molar-refractivity contribution in [3.63, 3.8) is 0 Å². The van der Waals surface area contributed by atoms with Crippen LogP contribution in [0.1, 0.15) is 22.3 Å². The van der Waals surface area contributed by atoms with Crippen LogP contribution in [-0.2, 0) is 12.8 Å². The van der Waals surface area contributed by atoms with Crippen molar-refractivity contribution in [1.82, 2.24) is 14.5 Å². The monoisotopic (exact) mass is 380 g/mol. The third kappa shape index (κ3) is 4.08. The molecule has 0 amide bonds. The summed E-state index contributed by atoms with van der Waals surface area (Å²) < 4.78 is 54.4. The van der Waals surface area contributed by atoms with Crippen LogP contribution in [0.3, 0.4) is 0 Å². The standard InChI is InChI=1S/C18H16F4N4O/c1-10-3-13(18(20,21)22)5-14(4-10)24-17-23-6-15(19)16(25-17)26-7-11(2)12(8-26)9-27/h3-8,27H,9H2,1-2H3,(H,23,24,25). The fourth-order valence-corrected chi connectivity index (χ4v) is 2.63. The van der Waals surface area contributed by atoms with Crippen LogP contribution in [0.2, 0.25) is 0 Å². The highest BCUT2D eigenvalue weighted by atomic mass is 19.4. The van der Waals surface area contributed by atoms with Gasteiger partial charge in [-0.15, -0.1) is 0 Å². The average Bonchev–Trinajstić information content (AvgIpc) is 2.96. The number of nitrogens with zero attached hydrogens (tertiary/aromatic N) is 3. The van der Waals surface area contributed by atoms with Crippen molar-refractivity contribution in [2.24, 2.45) is 0 Å². The Balaban J connectivity index is 1.96. The van der Waals surface area contributed by atoms with Gasteiger partial charge in [0.25, 0.3) is 0 Å². The molecule has 2 N–H and O–H groups in total. The van der Waals surface area contributed by atoms with Crippen molar-refractivity contribution in [2.75, 3.05) is 5.32 Å². The topological polar surface area (TPSA) is 63.0 Å². The van der Waals surface area contributed by atoms with E-state index in [0.717, 1.165) is 23.9 Å². The third-order valence-corrected chi connectivity index (χ3v) is 3.94. The van der Waals surface area contributed by atoms with Crippen LogP contribution in [0.5, 0.6) is 0 Å². The molecule has 3 aromatic rings. The first kappa shape index (κ1) is 18.8. The van der Waals surface area contributed by atoms with Crippen molar-refractivity contribution in [3.8, 4) is 5.82 Å². The fraction of sp³-hybridized carbons (Fsp3) is 0.222. The minimum absolute atomic E-state index is 0.0537. The van der Waals surface area contributed by atoms with Gasteiger partial charge in [-0.1, -0.05) is 0 Å². The molecular formula is C18H16F4N4O. The van der Waals surface area contributed by atoms with Crippen molar-refractivity contribution in [3.05, 3.63) is 64.9 Å². The number of rotatable bonds is 4. The number of halogens is 4. The van der Waals surface area contributed by atoms with Gasteiger partial charge in [0.1, 0.15) is 0 Å². The summed E-state index contributed by atoms with van der Waals surface area (Å²) >= 11 is 0. The Bertz CT molecular complexity index is 982. The number of alkyl halides is 3. The van der Waals surface area contributed by atoms with Crippen molar-refractivity contribution in [2.45, 2.75) is 26.6 Å². The lowest BCUT2D eigenvalue weighted by Crippen LogP contribution is -2.08. The molecule has 2 heterocycles. The maximum Gasteiger partial charge on any atom is 0.416 e. The number of aromatic nitrogens is 3. The van der Waals surface area contributed by atoms with E-state index in [1.807, 2.05) is 0 Å². The Hall–Kier alpha value is -2.94. The zero-order chi connectivity index (χ0) is 19.8. The third-order valence-electron chi connectivity index (χ3n) is 3.94. The number of aliphatic hydroxyl groups is 1. The number of aryl methyl sites for hydroxylation is 2. The first-order valence-corrected chi connectivity index (χ1v) is 7.94. The van der Waals surface area contributed by atoms with Crippen LogP contribution < -0.4 is 5.32 Å². The SMILES string of the molecule is Cc1cc(Nc2ncc(F)c(-n3cc(C)c(CO)c3)n2)cc(C(F)(F)F)c1. The van der Waals surface area contributed by atoms with Crippen molar-refractivity contribution in [1.29, 1.82) is 0 Å².